The number of esters is 4. The highest BCUT2D eigenvalue weighted by atomic mass is 16.6. The summed E-state index contributed by atoms with van der Waals surface area (Å²) in [6, 6.07) is 0. The summed E-state index contributed by atoms with van der Waals surface area (Å²) in [5.74, 6) is -10.1. The van der Waals surface area contributed by atoms with Crippen LogP contribution in [0.15, 0.2) is 0 Å². The molecule has 0 N–H and O–H groups in total. The van der Waals surface area contributed by atoms with Crippen molar-refractivity contribution in [1.82, 2.24) is 68.6 Å². The first kappa shape index (κ1) is 105. The van der Waals surface area contributed by atoms with Crippen LogP contribution in [0, 0.1) is 59.2 Å². The van der Waals surface area contributed by atoms with Crippen LogP contribution in [0.2, 0.25) is 0 Å². The fourth-order valence-corrected chi connectivity index (χ4v) is 19.0. The van der Waals surface area contributed by atoms with Gasteiger partial charge in [0.15, 0.2) is 0 Å². The fourth-order valence-electron chi connectivity index (χ4n) is 19.0. The summed E-state index contributed by atoms with van der Waals surface area (Å²) in [7, 11) is 32.2. The molecule has 5 fully saturated rings. The smallest absolute Gasteiger partial charge is 0.310 e. The van der Waals surface area contributed by atoms with Crippen molar-refractivity contribution in [3.05, 3.63) is 0 Å². The van der Waals surface area contributed by atoms with E-state index in [9.17, 15) is 38.4 Å². The molecule has 5 aliphatic rings. The maximum absolute atomic E-state index is 16.3. The second kappa shape index (κ2) is 55.7. The lowest BCUT2D eigenvalue weighted by atomic mass is 9.77. The number of hydrogen-bond acceptors (Lipinski definition) is 22. The van der Waals surface area contributed by atoms with Crippen molar-refractivity contribution in [1.29, 1.82) is 0 Å². The fraction of sp³-hybridized carbons (Fsp3) is 0.891. The van der Waals surface area contributed by atoms with Crippen LogP contribution in [0.25, 0.3) is 0 Å². The summed E-state index contributed by atoms with van der Waals surface area (Å²) < 4.78 is 25.9. The third-order valence-corrected chi connectivity index (χ3v) is 25.3. The van der Waals surface area contributed by atoms with Crippen molar-refractivity contribution in [3.63, 3.8) is 0 Å². The monoisotopic (exact) mass is 1700 g/mol. The Hall–Kier alpha value is -5.62. The van der Waals surface area contributed by atoms with Crippen molar-refractivity contribution in [2.45, 2.75) is 232 Å². The third kappa shape index (κ3) is 37.3. The maximum Gasteiger partial charge on any atom is 0.310 e. The molecule has 0 heterocycles. The molecule has 692 valence electrons. The summed E-state index contributed by atoms with van der Waals surface area (Å²) in [5.41, 5.74) is 0. The predicted octanol–water partition coefficient (Wildman–Crippen LogP) is 8.33. The average molecular weight is 1700 g/mol. The van der Waals surface area contributed by atoms with Gasteiger partial charge in [0, 0.05) is 64.2 Å². The van der Waals surface area contributed by atoms with E-state index in [2.05, 4.69) is 39.2 Å². The van der Waals surface area contributed by atoms with Crippen LogP contribution in [0.4, 0.5) is 0 Å². The molecule has 0 spiro atoms. The Balaban J connectivity index is 1.55. The molecule has 0 bridgehead atoms. The largest absolute Gasteiger partial charge is 0.461 e. The molecule has 28 nitrogen and oxygen atoms in total. The zero-order valence-corrected chi connectivity index (χ0v) is 79.0. The van der Waals surface area contributed by atoms with Gasteiger partial charge in [-0.25, -0.2) is 0 Å². The summed E-state index contributed by atoms with van der Waals surface area (Å²) in [6.07, 6.45) is 14.5. The summed E-state index contributed by atoms with van der Waals surface area (Å²) in [5, 5.41) is 0. The SMILES string of the molecule is CC(CN(CC(C)OC(=O)[C@@H]1CCCC[C@H]1C(=O)N(CCCN(C)C)CCCN(C)C)C(=O)[C@@H]1CCCC[C@H]1C(=O)N(CC(C)OC(=O)[C@@H]1CCCC[C@H]1C(=O)N(CCCN(C)C)CCCN(C)C)CC(C)OC(=O)[C@@H]1CCCC[C@H]1C(=O)N(CCCN(C)C)CCCN(C)C)OC(=O)[C@@H]1CCCC[C@H]1C(=O)N(CCCN(C)C)CCCN(C)C. The van der Waals surface area contributed by atoms with E-state index in [0.717, 1.165) is 155 Å². The van der Waals surface area contributed by atoms with Gasteiger partial charge in [0.25, 0.3) is 0 Å². The third-order valence-electron chi connectivity index (χ3n) is 25.3. The molecule has 0 saturated heterocycles. The van der Waals surface area contributed by atoms with E-state index in [0.29, 0.717) is 129 Å². The van der Waals surface area contributed by atoms with Gasteiger partial charge in [0.05, 0.1) is 73.5 Å². The number of nitrogens with zero attached hydrogens (tertiary/aromatic N) is 14. The first-order valence-electron chi connectivity index (χ1n) is 46.7. The van der Waals surface area contributed by atoms with E-state index < -0.39 is 119 Å². The maximum atomic E-state index is 16.3. The number of ether oxygens (including phenoxy) is 4. The molecule has 0 aromatic rings. The van der Waals surface area contributed by atoms with E-state index >= 15 is 9.59 Å². The first-order chi connectivity index (χ1) is 57.0. The minimum absolute atomic E-state index is 0.0473. The molecule has 0 aliphatic heterocycles. The number of amides is 6. The van der Waals surface area contributed by atoms with Crippen LogP contribution in [0.1, 0.15) is 207 Å². The molecule has 5 aliphatic carbocycles. The molecular weight excluding hydrogens is 1530 g/mol. The van der Waals surface area contributed by atoms with Gasteiger partial charge >= 0.3 is 23.9 Å². The number of rotatable bonds is 54. The van der Waals surface area contributed by atoms with Crippen LogP contribution in [-0.2, 0) is 66.9 Å². The van der Waals surface area contributed by atoms with Gasteiger partial charge in [0.2, 0.25) is 35.4 Å². The van der Waals surface area contributed by atoms with Crippen molar-refractivity contribution < 1.29 is 66.9 Å². The zero-order chi connectivity index (χ0) is 88.7. The lowest BCUT2D eigenvalue weighted by Crippen LogP contribution is -2.52. The highest BCUT2D eigenvalue weighted by Gasteiger charge is 2.47. The Morgan fingerprint density at radius 2 is 0.325 bits per heavy atom. The molecule has 0 radical (unpaired) electrons. The molecule has 0 aromatic heterocycles. The second-order valence-electron chi connectivity index (χ2n) is 38.5. The van der Waals surface area contributed by atoms with Crippen LogP contribution in [-0.4, -0.2) is 396 Å². The molecule has 6 amide bonds. The molecular formula is C92H170N14O14. The topological polar surface area (TPSA) is 253 Å². The van der Waals surface area contributed by atoms with Gasteiger partial charge in [-0.3, -0.25) is 47.9 Å². The van der Waals surface area contributed by atoms with Crippen LogP contribution < -0.4 is 0 Å². The second-order valence-corrected chi connectivity index (χ2v) is 38.5. The van der Waals surface area contributed by atoms with Gasteiger partial charge in [-0.15, -0.1) is 0 Å². The summed E-state index contributed by atoms with van der Waals surface area (Å²) in [4.78, 5) is 180. The predicted molar refractivity (Wildman–Crippen MR) is 474 cm³/mol. The molecule has 0 aromatic carbocycles. The van der Waals surface area contributed by atoms with Crippen LogP contribution in [0.5, 0.6) is 0 Å². The first-order valence-corrected chi connectivity index (χ1v) is 46.7. The van der Waals surface area contributed by atoms with Gasteiger partial charge in [-0.05, 0) is 308 Å². The van der Waals surface area contributed by atoms with Crippen molar-refractivity contribution >= 4 is 59.3 Å². The lowest BCUT2D eigenvalue weighted by molar-refractivity contribution is -0.167. The van der Waals surface area contributed by atoms with Crippen molar-refractivity contribution in [2.24, 2.45) is 59.2 Å². The van der Waals surface area contributed by atoms with Crippen LogP contribution in [0.3, 0.4) is 0 Å². The van der Waals surface area contributed by atoms with E-state index in [1.807, 2.05) is 132 Å². The highest BCUT2D eigenvalue weighted by Crippen LogP contribution is 2.40. The molecule has 120 heavy (non-hydrogen) atoms. The number of hydrogen-bond donors (Lipinski definition) is 0. The van der Waals surface area contributed by atoms with Gasteiger partial charge in [0.1, 0.15) is 24.4 Å². The molecule has 28 heteroatoms. The van der Waals surface area contributed by atoms with Crippen molar-refractivity contribution in [2.75, 3.05) is 244 Å². The molecule has 14 atom stereocenters. The Morgan fingerprint density at radius 1 is 0.200 bits per heavy atom. The quantitative estimate of drug-likeness (QED) is 0.0410. The van der Waals surface area contributed by atoms with Crippen molar-refractivity contribution in [3.8, 4) is 0 Å². The average Bonchev–Trinajstić information content (AvgIpc) is 0.816. The Bertz CT molecular complexity index is 2630. The van der Waals surface area contributed by atoms with Gasteiger partial charge < -0.3 is 87.5 Å². The normalized spacial score (nSPS) is 22.7. The lowest BCUT2D eigenvalue weighted by Gasteiger charge is -2.39. The van der Waals surface area contributed by atoms with E-state index in [-0.39, 0.29) is 49.8 Å². The molecule has 5 saturated carbocycles. The number of carbonyl (C=O) groups is 10. The Labute approximate surface area is 726 Å². The van der Waals surface area contributed by atoms with Gasteiger partial charge in [-0.1, -0.05) is 64.2 Å². The Morgan fingerprint density at radius 3 is 0.467 bits per heavy atom. The minimum atomic E-state index is -0.937. The summed E-state index contributed by atoms with van der Waals surface area (Å²) in [6.45, 7) is 17.3. The van der Waals surface area contributed by atoms with E-state index in [1.165, 1.54) is 0 Å². The van der Waals surface area contributed by atoms with Crippen LogP contribution >= 0.6 is 0 Å². The van der Waals surface area contributed by atoms with E-state index in [1.54, 1.807) is 37.5 Å². The standard InChI is InChI=1S/C92H170N14O14/c1-69(117-89(113)79-45-27-23-41-75(79)83(107)101(57-31-49-93(5)6)58-32-50-94(7)8)65-105(66-70(2)118-90(114)80-46-28-24-42-76(80)84(108)102(59-33-51-95(9)10)60-34-52-96(11)12)87(111)73-39-21-22-40-74(73)88(112)106(67-71(3)119-91(115)81-47-29-25-43-77(81)85(109)103(61-35-53-97(13)14)62-36-54-98(15)16)68-72(4)120-92(116)82-48-30-26-44-78(82)86(110)104(63-37-55-99(17)18)64-38-56-100(19)20/h69-82H,21-68H2,1-20H3/t69?,70?,71?,72?,73-,74-,75-,76-,77-,78-,79-,80-,81-,82-/m1/s1. The number of carbonyl (C=O) groups excluding carboxylic acids is 10. The van der Waals surface area contributed by atoms with E-state index in [4.69, 9.17) is 18.9 Å². The minimum Gasteiger partial charge on any atom is -0.461 e. The van der Waals surface area contributed by atoms with Gasteiger partial charge in [-0.2, -0.15) is 0 Å². The molecule has 5 rings (SSSR count). The Kier molecular flexibility index (Phi) is 48.7. The summed E-state index contributed by atoms with van der Waals surface area (Å²) >= 11 is 0. The zero-order valence-electron chi connectivity index (χ0n) is 79.0. The molecule has 4 unspecified atom stereocenters. The highest BCUT2D eigenvalue weighted by molar-refractivity contribution is 5.90.